The smallest absolute Gasteiger partial charge is 0.258 e. The highest BCUT2D eigenvalue weighted by Crippen LogP contribution is 2.28. The first-order valence-electron chi connectivity index (χ1n) is 11.6. The number of hydrogen-bond acceptors (Lipinski definition) is 7. The summed E-state index contributed by atoms with van der Waals surface area (Å²) in [4.78, 5) is 24.7. The van der Waals surface area contributed by atoms with E-state index in [9.17, 15) is 4.79 Å². The standard InChI is InChI=1S/C25H30N4O4/c1-17-14-20(18(2)29(17)15-19-6-5-11-32-19)23(30)16-33-25-24(28-9-12-31-13-10-28)26-21-7-3-4-8-22(21)27-25/h3-4,7-8,14,19H,5-6,9-13,15-16H2,1-2H3/t19-/m1/s1. The quantitative estimate of drug-likeness (QED) is 0.511. The van der Waals surface area contributed by atoms with Crippen LogP contribution in [0.1, 0.15) is 34.6 Å². The summed E-state index contributed by atoms with van der Waals surface area (Å²) in [6.07, 6.45) is 2.38. The van der Waals surface area contributed by atoms with Crippen molar-refractivity contribution in [1.82, 2.24) is 14.5 Å². The number of rotatable bonds is 7. The molecule has 2 aliphatic rings. The van der Waals surface area contributed by atoms with Crippen molar-refractivity contribution in [3.63, 3.8) is 0 Å². The number of carbonyl (C=O) groups excluding carboxylic acids is 1. The first kappa shape index (κ1) is 21.9. The van der Waals surface area contributed by atoms with Gasteiger partial charge >= 0.3 is 0 Å². The van der Waals surface area contributed by atoms with Crippen molar-refractivity contribution in [1.29, 1.82) is 0 Å². The monoisotopic (exact) mass is 450 g/mol. The molecule has 2 fully saturated rings. The van der Waals surface area contributed by atoms with Crippen LogP contribution >= 0.6 is 0 Å². The van der Waals surface area contributed by atoms with E-state index >= 15 is 0 Å². The van der Waals surface area contributed by atoms with Gasteiger partial charge in [0.1, 0.15) is 0 Å². The van der Waals surface area contributed by atoms with E-state index in [2.05, 4.69) is 14.5 Å². The summed E-state index contributed by atoms with van der Waals surface area (Å²) >= 11 is 0. The van der Waals surface area contributed by atoms with Gasteiger partial charge in [0.25, 0.3) is 5.88 Å². The summed E-state index contributed by atoms with van der Waals surface area (Å²) in [5, 5.41) is 0. The average Bonchev–Trinajstić information content (AvgIpc) is 3.46. The van der Waals surface area contributed by atoms with Crippen LogP contribution in [0, 0.1) is 13.8 Å². The fourth-order valence-electron chi connectivity index (χ4n) is 4.62. The van der Waals surface area contributed by atoms with Gasteiger partial charge in [-0.2, -0.15) is 0 Å². The maximum absolute atomic E-state index is 13.1. The number of fused-ring (bicyclic) bond motifs is 1. The van der Waals surface area contributed by atoms with Crippen LogP contribution in [0.4, 0.5) is 5.82 Å². The number of aromatic nitrogens is 3. The number of para-hydroxylation sites is 2. The number of aryl methyl sites for hydroxylation is 1. The van der Waals surface area contributed by atoms with Gasteiger partial charge in [-0.3, -0.25) is 4.79 Å². The molecule has 0 aliphatic carbocycles. The number of hydrogen-bond donors (Lipinski definition) is 0. The zero-order valence-electron chi connectivity index (χ0n) is 19.2. The first-order chi connectivity index (χ1) is 16.1. The Kier molecular flexibility index (Phi) is 6.28. The number of Topliss-reactive ketones (excluding diaryl/α,β-unsaturated/α-hetero) is 1. The van der Waals surface area contributed by atoms with Crippen LogP contribution in [0.2, 0.25) is 0 Å². The Hall–Kier alpha value is -2.97. The van der Waals surface area contributed by atoms with Crippen LogP contribution in [0.5, 0.6) is 5.88 Å². The zero-order chi connectivity index (χ0) is 22.8. The number of anilines is 1. The number of ketones is 1. The molecule has 1 aromatic carbocycles. The van der Waals surface area contributed by atoms with Crippen molar-refractivity contribution >= 4 is 22.6 Å². The number of carbonyl (C=O) groups is 1. The Labute approximate surface area is 193 Å². The lowest BCUT2D eigenvalue weighted by Gasteiger charge is -2.28. The Morgan fingerprint density at radius 3 is 2.61 bits per heavy atom. The number of ether oxygens (including phenoxy) is 3. The highest BCUT2D eigenvalue weighted by atomic mass is 16.5. The van der Waals surface area contributed by atoms with E-state index in [-0.39, 0.29) is 18.5 Å². The topological polar surface area (TPSA) is 78.7 Å². The predicted octanol–water partition coefficient (Wildman–Crippen LogP) is 3.33. The Balaban J connectivity index is 1.36. The number of morpholine rings is 1. The van der Waals surface area contributed by atoms with Crippen LogP contribution < -0.4 is 9.64 Å². The van der Waals surface area contributed by atoms with E-state index in [0.29, 0.717) is 43.6 Å². The second-order valence-corrected chi connectivity index (χ2v) is 8.68. The number of nitrogens with zero attached hydrogens (tertiary/aromatic N) is 4. The fraction of sp³-hybridized carbons (Fsp3) is 0.480. The molecule has 2 saturated heterocycles. The predicted molar refractivity (Wildman–Crippen MR) is 125 cm³/mol. The van der Waals surface area contributed by atoms with Crippen molar-refractivity contribution in [2.24, 2.45) is 0 Å². The molecular formula is C25H30N4O4. The summed E-state index contributed by atoms with van der Waals surface area (Å²) < 4.78 is 19.5. The van der Waals surface area contributed by atoms with E-state index < -0.39 is 0 Å². The summed E-state index contributed by atoms with van der Waals surface area (Å²) in [7, 11) is 0. The highest BCUT2D eigenvalue weighted by Gasteiger charge is 2.23. The van der Waals surface area contributed by atoms with Gasteiger partial charge in [-0.15, -0.1) is 0 Å². The molecular weight excluding hydrogens is 420 g/mol. The van der Waals surface area contributed by atoms with Crippen LogP contribution in [-0.2, 0) is 16.0 Å². The second-order valence-electron chi connectivity index (χ2n) is 8.68. The average molecular weight is 451 g/mol. The zero-order valence-corrected chi connectivity index (χ0v) is 19.2. The lowest BCUT2D eigenvalue weighted by atomic mass is 10.1. The molecule has 0 bridgehead atoms. The summed E-state index contributed by atoms with van der Waals surface area (Å²) in [5.74, 6) is 0.982. The molecule has 0 amide bonds. The molecule has 5 rings (SSSR count). The molecule has 8 heteroatoms. The minimum atomic E-state index is -0.0887. The maximum Gasteiger partial charge on any atom is 0.258 e. The summed E-state index contributed by atoms with van der Waals surface area (Å²) in [6, 6.07) is 9.65. The van der Waals surface area contributed by atoms with Crippen molar-refractivity contribution in [2.75, 3.05) is 44.4 Å². The first-order valence-corrected chi connectivity index (χ1v) is 11.6. The minimum Gasteiger partial charge on any atom is -0.467 e. The van der Waals surface area contributed by atoms with Gasteiger partial charge in [0.2, 0.25) is 5.78 Å². The molecule has 0 unspecified atom stereocenters. The van der Waals surface area contributed by atoms with E-state index in [4.69, 9.17) is 19.2 Å². The Bertz CT molecular complexity index is 1150. The SMILES string of the molecule is Cc1cc(C(=O)COc2nc3ccccc3nc2N2CCOCC2)c(C)n1C[C@H]1CCCO1. The van der Waals surface area contributed by atoms with E-state index in [0.717, 1.165) is 48.4 Å². The van der Waals surface area contributed by atoms with Crippen LogP contribution in [0.15, 0.2) is 30.3 Å². The summed E-state index contributed by atoms with van der Waals surface area (Å²) in [5.41, 5.74) is 4.25. The molecule has 0 N–H and O–H groups in total. The molecule has 3 aromatic rings. The third kappa shape index (κ3) is 4.58. The molecule has 0 saturated carbocycles. The molecule has 4 heterocycles. The van der Waals surface area contributed by atoms with Gasteiger partial charge in [-0.25, -0.2) is 9.97 Å². The van der Waals surface area contributed by atoms with Crippen molar-refractivity contribution < 1.29 is 19.0 Å². The van der Waals surface area contributed by atoms with E-state index in [1.165, 1.54) is 0 Å². The molecule has 174 valence electrons. The molecule has 8 nitrogen and oxygen atoms in total. The van der Waals surface area contributed by atoms with Crippen molar-refractivity contribution in [3.8, 4) is 5.88 Å². The van der Waals surface area contributed by atoms with Crippen LogP contribution in [0.25, 0.3) is 11.0 Å². The Morgan fingerprint density at radius 1 is 1.12 bits per heavy atom. The van der Waals surface area contributed by atoms with Gasteiger partial charge < -0.3 is 23.7 Å². The van der Waals surface area contributed by atoms with Gasteiger partial charge in [0, 0.05) is 43.2 Å². The maximum atomic E-state index is 13.1. The molecule has 1 atom stereocenters. The summed E-state index contributed by atoms with van der Waals surface area (Å²) in [6.45, 7) is 8.21. The third-order valence-electron chi connectivity index (χ3n) is 6.46. The molecule has 0 spiro atoms. The van der Waals surface area contributed by atoms with E-state index in [1.807, 2.05) is 44.2 Å². The molecule has 2 aliphatic heterocycles. The largest absolute Gasteiger partial charge is 0.467 e. The number of benzene rings is 1. The molecule has 0 radical (unpaired) electrons. The molecule has 2 aromatic heterocycles. The van der Waals surface area contributed by atoms with Crippen LogP contribution in [0.3, 0.4) is 0 Å². The van der Waals surface area contributed by atoms with Gasteiger partial charge in [-0.05, 0) is 44.9 Å². The second kappa shape index (κ2) is 9.49. The third-order valence-corrected chi connectivity index (χ3v) is 6.46. The molecule has 33 heavy (non-hydrogen) atoms. The van der Waals surface area contributed by atoms with Crippen molar-refractivity contribution in [3.05, 3.63) is 47.3 Å². The van der Waals surface area contributed by atoms with Crippen molar-refractivity contribution in [2.45, 2.75) is 39.3 Å². The lowest BCUT2D eigenvalue weighted by Crippen LogP contribution is -2.37. The van der Waals surface area contributed by atoms with Gasteiger partial charge in [0.15, 0.2) is 12.4 Å². The fourth-order valence-corrected chi connectivity index (χ4v) is 4.62. The Morgan fingerprint density at radius 2 is 1.88 bits per heavy atom. The highest BCUT2D eigenvalue weighted by molar-refractivity contribution is 5.98. The van der Waals surface area contributed by atoms with Gasteiger partial charge in [-0.1, -0.05) is 12.1 Å². The van der Waals surface area contributed by atoms with Crippen LogP contribution in [-0.4, -0.2) is 65.9 Å². The van der Waals surface area contributed by atoms with E-state index in [1.54, 1.807) is 0 Å². The lowest BCUT2D eigenvalue weighted by molar-refractivity contribution is 0.0910. The van der Waals surface area contributed by atoms with Gasteiger partial charge in [0.05, 0.1) is 30.4 Å². The normalized spacial score (nSPS) is 18.7. The minimum absolute atomic E-state index is 0.0652.